The third-order valence-electron chi connectivity index (χ3n) is 7.07. The van der Waals surface area contributed by atoms with Crippen LogP contribution in [0.1, 0.15) is 168 Å². The summed E-state index contributed by atoms with van der Waals surface area (Å²) in [4.78, 5) is 0. The van der Waals surface area contributed by atoms with Gasteiger partial charge in [-0.25, -0.2) is 0 Å². The third kappa shape index (κ3) is 10.3. The van der Waals surface area contributed by atoms with E-state index < -0.39 is 0 Å². The second kappa shape index (κ2) is 13.7. The number of rotatable bonds is 15. The fourth-order valence-corrected chi connectivity index (χ4v) is 5.41. The minimum atomic E-state index is 0.0984. The highest BCUT2D eigenvalue weighted by atomic mass is 16.3. The Hall–Kier alpha value is -0.980. The van der Waals surface area contributed by atoms with Gasteiger partial charge >= 0.3 is 0 Å². The van der Waals surface area contributed by atoms with Crippen molar-refractivity contribution >= 4 is 0 Å². The molecule has 1 atom stereocenters. The highest BCUT2D eigenvalue weighted by Gasteiger charge is 2.29. The van der Waals surface area contributed by atoms with E-state index in [9.17, 15) is 5.11 Å². The van der Waals surface area contributed by atoms with Gasteiger partial charge in [-0.2, -0.15) is 0 Å². The highest BCUT2D eigenvalue weighted by Crippen LogP contribution is 2.43. The first-order chi connectivity index (χ1) is 14.9. The maximum atomic E-state index is 11.1. The molecule has 186 valence electrons. The zero-order valence-electron chi connectivity index (χ0n) is 23.2. The molecule has 1 aromatic carbocycles. The third-order valence-corrected chi connectivity index (χ3v) is 7.07. The summed E-state index contributed by atoms with van der Waals surface area (Å²) in [6.45, 7) is 20.7. The lowest BCUT2D eigenvalue weighted by Crippen LogP contribution is -2.25. The molecule has 1 N–H and O–H groups in total. The van der Waals surface area contributed by atoms with E-state index in [1.54, 1.807) is 0 Å². The average Bonchev–Trinajstić information content (AvgIpc) is 2.67. The second-order valence-electron chi connectivity index (χ2n) is 12.7. The van der Waals surface area contributed by atoms with Crippen molar-refractivity contribution in [3.8, 4) is 5.75 Å². The predicted octanol–water partition coefficient (Wildman–Crippen LogP) is 10.6. The number of benzene rings is 1. The molecule has 0 heterocycles. The van der Waals surface area contributed by atoms with Crippen molar-refractivity contribution in [2.24, 2.45) is 5.41 Å². The molecule has 0 aromatic heterocycles. The first-order valence-electron chi connectivity index (χ1n) is 13.8. The van der Waals surface area contributed by atoms with Crippen molar-refractivity contribution in [2.45, 2.75) is 157 Å². The van der Waals surface area contributed by atoms with Crippen LogP contribution in [0.3, 0.4) is 0 Å². The molecule has 1 nitrogen and oxygen atoms in total. The molecule has 1 aromatic rings. The van der Waals surface area contributed by atoms with E-state index in [0.29, 0.717) is 17.6 Å². The SMILES string of the molecule is CCCCCCCCCCCCC(C)c1cc(C(C)(C)CC(C)(C)C)cc(C(C)C)c1O. The van der Waals surface area contributed by atoms with Gasteiger partial charge in [0.05, 0.1) is 0 Å². The number of unbranched alkanes of at least 4 members (excludes halogenated alkanes) is 9. The van der Waals surface area contributed by atoms with Crippen LogP contribution in [0.2, 0.25) is 0 Å². The number of phenols is 1. The minimum absolute atomic E-state index is 0.0984. The molecule has 0 aliphatic heterocycles. The van der Waals surface area contributed by atoms with Gasteiger partial charge in [0.25, 0.3) is 0 Å². The van der Waals surface area contributed by atoms with Crippen molar-refractivity contribution in [1.82, 2.24) is 0 Å². The predicted molar refractivity (Wildman–Crippen MR) is 144 cm³/mol. The lowest BCUT2D eigenvalue weighted by molar-refractivity contribution is 0.283. The molecule has 0 bridgehead atoms. The zero-order valence-corrected chi connectivity index (χ0v) is 23.2. The fraction of sp³-hybridized carbons (Fsp3) is 0.806. The smallest absolute Gasteiger partial charge is 0.122 e. The Kier molecular flexibility index (Phi) is 12.4. The molecule has 1 unspecified atom stereocenters. The summed E-state index contributed by atoms with van der Waals surface area (Å²) in [6.07, 6.45) is 16.0. The molecule has 1 heteroatoms. The van der Waals surface area contributed by atoms with E-state index in [1.165, 1.54) is 81.8 Å². The first kappa shape index (κ1) is 29.1. The highest BCUT2D eigenvalue weighted by molar-refractivity contribution is 5.48. The normalized spacial score (nSPS) is 13.7. The molecule has 0 saturated carbocycles. The van der Waals surface area contributed by atoms with Gasteiger partial charge in [-0.3, -0.25) is 0 Å². The monoisotopic (exact) mass is 444 g/mol. The van der Waals surface area contributed by atoms with Gasteiger partial charge in [-0.05, 0) is 52.2 Å². The minimum Gasteiger partial charge on any atom is -0.507 e. The molecule has 0 fully saturated rings. The van der Waals surface area contributed by atoms with Crippen molar-refractivity contribution in [3.05, 3.63) is 28.8 Å². The first-order valence-corrected chi connectivity index (χ1v) is 13.8. The summed E-state index contributed by atoms with van der Waals surface area (Å²) in [6, 6.07) is 4.61. The van der Waals surface area contributed by atoms with Crippen LogP contribution in [0, 0.1) is 5.41 Å². The van der Waals surface area contributed by atoms with Crippen LogP contribution in [-0.4, -0.2) is 5.11 Å². The van der Waals surface area contributed by atoms with E-state index >= 15 is 0 Å². The molecular weight excluding hydrogens is 388 g/mol. The van der Waals surface area contributed by atoms with Gasteiger partial charge in [0, 0.05) is 0 Å². The molecular formula is C31H56O. The van der Waals surface area contributed by atoms with Crippen molar-refractivity contribution in [3.63, 3.8) is 0 Å². The molecule has 0 saturated heterocycles. The fourth-order valence-electron chi connectivity index (χ4n) is 5.41. The van der Waals surface area contributed by atoms with Gasteiger partial charge in [-0.1, -0.05) is 139 Å². The quantitative estimate of drug-likeness (QED) is 0.267. The Morgan fingerprint density at radius 1 is 0.719 bits per heavy atom. The van der Waals surface area contributed by atoms with Crippen molar-refractivity contribution < 1.29 is 5.11 Å². The van der Waals surface area contributed by atoms with Gasteiger partial charge in [0.1, 0.15) is 5.75 Å². The standard InChI is InChI=1S/C31H56O/c1-10-11-12-13-14-15-16-17-18-19-20-25(4)28-22-26(21-27(24(2)3)29(28)32)31(8,9)23-30(5,6)7/h21-22,24-25,32H,10-20,23H2,1-9H3. The summed E-state index contributed by atoms with van der Waals surface area (Å²) in [5.74, 6) is 1.30. The van der Waals surface area contributed by atoms with E-state index in [2.05, 4.69) is 74.4 Å². The molecule has 0 aliphatic carbocycles. The van der Waals surface area contributed by atoms with E-state index in [4.69, 9.17) is 0 Å². The van der Waals surface area contributed by atoms with Crippen LogP contribution in [-0.2, 0) is 5.41 Å². The Bertz CT molecular complexity index is 647. The summed E-state index contributed by atoms with van der Waals surface area (Å²) in [7, 11) is 0. The van der Waals surface area contributed by atoms with Crippen molar-refractivity contribution in [2.75, 3.05) is 0 Å². The lowest BCUT2D eigenvalue weighted by atomic mass is 9.71. The number of phenolic OH excluding ortho intramolecular Hbond substituents is 1. The van der Waals surface area contributed by atoms with Crippen LogP contribution in [0.25, 0.3) is 0 Å². The second-order valence-corrected chi connectivity index (χ2v) is 12.7. The number of hydrogen-bond donors (Lipinski definition) is 1. The van der Waals surface area contributed by atoms with Gasteiger partial charge in [0.15, 0.2) is 0 Å². The molecule has 1 rings (SSSR count). The van der Waals surface area contributed by atoms with Crippen LogP contribution in [0.4, 0.5) is 0 Å². The molecule has 32 heavy (non-hydrogen) atoms. The van der Waals surface area contributed by atoms with Crippen LogP contribution < -0.4 is 0 Å². The summed E-state index contributed by atoms with van der Waals surface area (Å²) >= 11 is 0. The Morgan fingerprint density at radius 2 is 1.19 bits per heavy atom. The largest absolute Gasteiger partial charge is 0.507 e. The number of hydrogen-bond acceptors (Lipinski definition) is 1. The zero-order chi connectivity index (χ0) is 24.4. The molecule has 0 spiro atoms. The van der Waals surface area contributed by atoms with Crippen LogP contribution >= 0.6 is 0 Å². The lowest BCUT2D eigenvalue weighted by Gasteiger charge is -2.34. The van der Waals surface area contributed by atoms with Gasteiger partial charge in [-0.15, -0.1) is 0 Å². The van der Waals surface area contributed by atoms with Crippen molar-refractivity contribution in [1.29, 1.82) is 0 Å². The summed E-state index contributed by atoms with van der Waals surface area (Å²) < 4.78 is 0. The molecule has 0 radical (unpaired) electrons. The van der Waals surface area contributed by atoms with E-state index in [0.717, 1.165) is 12.0 Å². The maximum absolute atomic E-state index is 11.1. The Labute approximate surface area is 201 Å². The van der Waals surface area contributed by atoms with Gasteiger partial charge in [0.2, 0.25) is 0 Å². The van der Waals surface area contributed by atoms with Crippen LogP contribution in [0.15, 0.2) is 12.1 Å². The summed E-state index contributed by atoms with van der Waals surface area (Å²) in [5.41, 5.74) is 4.06. The average molecular weight is 445 g/mol. The van der Waals surface area contributed by atoms with E-state index in [-0.39, 0.29) is 10.8 Å². The maximum Gasteiger partial charge on any atom is 0.122 e. The molecule has 0 amide bonds. The Balaban J connectivity index is 2.72. The van der Waals surface area contributed by atoms with E-state index in [1.807, 2.05) is 0 Å². The summed E-state index contributed by atoms with van der Waals surface area (Å²) in [5, 5.41) is 11.1. The van der Waals surface area contributed by atoms with Gasteiger partial charge < -0.3 is 5.11 Å². The number of aromatic hydroxyl groups is 1. The Morgan fingerprint density at radius 3 is 1.66 bits per heavy atom. The topological polar surface area (TPSA) is 20.2 Å². The van der Waals surface area contributed by atoms with Crippen LogP contribution in [0.5, 0.6) is 5.75 Å². The molecule has 0 aliphatic rings.